The highest BCUT2D eigenvalue weighted by Crippen LogP contribution is 2.33. The van der Waals surface area contributed by atoms with Crippen LogP contribution in [-0.4, -0.2) is 35.4 Å². The number of benzene rings is 2. The Bertz CT molecular complexity index is 1230. The highest BCUT2D eigenvalue weighted by molar-refractivity contribution is 5.86. The van der Waals surface area contributed by atoms with E-state index in [0.717, 1.165) is 46.7 Å². The number of aryl methyl sites for hydroxylation is 1. The first-order valence-corrected chi connectivity index (χ1v) is 11.4. The molecule has 3 heterocycles. The monoisotopic (exact) mass is 440 g/mol. The van der Waals surface area contributed by atoms with E-state index >= 15 is 0 Å². The minimum absolute atomic E-state index is 0.0256. The van der Waals surface area contributed by atoms with Gasteiger partial charge in [0.15, 0.2) is 5.78 Å². The molecule has 1 saturated heterocycles. The number of nitrogens with zero attached hydrogens (tertiary/aromatic N) is 1. The molecule has 0 saturated carbocycles. The topological polar surface area (TPSA) is 79.0 Å². The third kappa shape index (κ3) is 4.67. The quantitative estimate of drug-likeness (QED) is 0.380. The zero-order valence-electron chi connectivity index (χ0n) is 18.7. The maximum absolute atomic E-state index is 12.9. The molecule has 168 valence electrons. The summed E-state index contributed by atoms with van der Waals surface area (Å²) in [5, 5.41) is 7.69. The van der Waals surface area contributed by atoms with Crippen molar-refractivity contribution in [3.05, 3.63) is 89.7 Å². The predicted molar refractivity (Wildman–Crippen MR) is 130 cm³/mol. The molecule has 2 aromatic carbocycles. The van der Waals surface area contributed by atoms with Crippen molar-refractivity contribution in [1.29, 1.82) is 0 Å². The summed E-state index contributed by atoms with van der Waals surface area (Å²) in [4.78, 5) is 20.4. The van der Waals surface area contributed by atoms with Gasteiger partial charge >= 0.3 is 0 Å². The number of rotatable bonds is 8. The lowest BCUT2D eigenvalue weighted by Gasteiger charge is -2.19. The molecule has 6 nitrogen and oxygen atoms in total. The highest BCUT2D eigenvalue weighted by Gasteiger charge is 2.33. The SMILES string of the molecule is Cc1c[nH]c2nccc(Oc3ccc([C@H]4CNC[C@@H]4C(=O)CNCc4ccccc4)cc3)c12. The van der Waals surface area contributed by atoms with E-state index in [4.69, 9.17) is 4.74 Å². The number of Topliss-reactive ketones (excluding diaryl/α,β-unsaturated/α-hetero) is 1. The van der Waals surface area contributed by atoms with E-state index in [1.54, 1.807) is 6.20 Å². The van der Waals surface area contributed by atoms with Gasteiger partial charge in [0, 0.05) is 43.9 Å². The molecular formula is C27H28N4O2. The summed E-state index contributed by atoms with van der Waals surface area (Å²) >= 11 is 0. The van der Waals surface area contributed by atoms with Crippen molar-refractivity contribution >= 4 is 16.8 Å². The summed E-state index contributed by atoms with van der Waals surface area (Å²) in [7, 11) is 0. The number of hydrogen-bond acceptors (Lipinski definition) is 5. The van der Waals surface area contributed by atoms with E-state index in [-0.39, 0.29) is 17.6 Å². The predicted octanol–water partition coefficient (Wildman–Crippen LogP) is 4.33. The number of hydrogen-bond donors (Lipinski definition) is 3. The van der Waals surface area contributed by atoms with E-state index in [2.05, 4.69) is 44.9 Å². The summed E-state index contributed by atoms with van der Waals surface area (Å²) in [5.41, 5.74) is 4.26. The number of H-pyrrole nitrogens is 1. The average Bonchev–Trinajstić information content (AvgIpc) is 3.48. The minimum atomic E-state index is -0.0256. The zero-order chi connectivity index (χ0) is 22.6. The number of carbonyl (C=O) groups excluding carboxylic acids is 1. The maximum atomic E-state index is 12.9. The zero-order valence-corrected chi connectivity index (χ0v) is 18.7. The Labute approximate surface area is 193 Å². The number of ketones is 1. The van der Waals surface area contributed by atoms with Crippen LogP contribution in [0.4, 0.5) is 0 Å². The first-order chi connectivity index (χ1) is 16.2. The van der Waals surface area contributed by atoms with Crippen molar-refractivity contribution in [3.8, 4) is 11.5 Å². The van der Waals surface area contributed by atoms with Crippen molar-refractivity contribution in [2.24, 2.45) is 5.92 Å². The van der Waals surface area contributed by atoms with E-state index in [0.29, 0.717) is 13.1 Å². The minimum Gasteiger partial charge on any atom is -0.457 e. The normalized spacial score (nSPS) is 18.0. The lowest BCUT2D eigenvalue weighted by atomic mass is 9.86. The van der Waals surface area contributed by atoms with Crippen LogP contribution in [0.3, 0.4) is 0 Å². The molecule has 2 atom stereocenters. The molecule has 2 aromatic heterocycles. The second kappa shape index (κ2) is 9.57. The van der Waals surface area contributed by atoms with E-state index in [9.17, 15) is 4.79 Å². The number of aromatic amines is 1. The summed E-state index contributed by atoms with van der Waals surface area (Å²) in [6.07, 6.45) is 3.68. The molecule has 0 spiro atoms. The van der Waals surface area contributed by atoms with Crippen LogP contribution in [0.15, 0.2) is 73.1 Å². The van der Waals surface area contributed by atoms with Crippen LogP contribution in [0, 0.1) is 12.8 Å². The van der Waals surface area contributed by atoms with Gasteiger partial charge in [-0.05, 0) is 41.8 Å². The average molecular weight is 441 g/mol. The van der Waals surface area contributed by atoms with Crippen molar-refractivity contribution in [1.82, 2.24) is 20.6 Å². The number of aromatic nitrogens is 2. The van der Waals surface area contributed by atoms with Gasteiger partial charge in [0.05, 0.1) is 11.9 Å². The van der Waals surface area contributed by atoms with Gasteiger partial charge in [-0.1, -0.05) is 42.5 Å². The molecule has 0 aliphatic carbocycles. The van der Waals surface area contributed by atoms with Crippen molar-refractivity contribution in [2.75, 3.05) is 19.6 Å². The second-order valence-electron chi connectivity index (χ2n) is 8.60. The summed E-state index contributed by atoms with van der Waals surface area (Å²) in [6, 6.07) is 20.2. The fourth-order valence-corrected chi connectivity index (χ4v) is 4.60. The van der Waals surface area contributed by atoms with Gasteiger partial charge < -0.3 is 20.4 Å². The Balaban J connectivity index is 1.23. The number of fused-ring (bicyclic) bond motifs is 1. The standard InChI is InChI=1S/C27H28N4O2/c1-18-13-31-27-26(18)25(11-12-30-27)33-21-9-7-20(8-10-21)22-15-29-16-23(22)24(32)17-28-14-19-5-3-2-4-6-19/h2-13,22-23,28-29H,14-17H2,1H3,(H,30,31)/t22-,23+/m1/s1. The molecular weight excluding hydrogens is 412 g/mol. The van der Waals surface area contributed by atoms with Crippen molar-refractivity contribution < 1.29 is 9.53 Å². The summed E-state index contributed by atoms with van der Waals surface area (Å²) < 4.78 is 6.17. The van der Waals surface area contributed by atoms with E-state index < -0.39 is 0 Å². The third-order valence-electron chi connectivity index (χ3n) is 6.37. The number of nitrogens with one attached hydrogen (secondary N) is 3. The molecule has 4 aromatic rings. The van der Waals surface area contributed by atoms with Gasteiger partial charge in [-0.15, -0.1) is 0 Å². The first kappa shape index (κ1) is 21.4. The largest absolute Gasteiger partial charge is 0.457 e. The van der Waals surface area contributed by atoms with Crippen LogP contribution < -0.4 is 15.4 Å². The van der Waals surface area contributed by atoms with E-state index in [1.165, 1.54) is 5.56 Å². The second-order valence-corrected chi connectivity index (χ2v) is 8.60. The molecule has 6 heteroatoms. The van der Waals surface area contributed by atoms with Crippen molar-refractivity contribution in [2.45, 2.75) is 19.4 Å². The van der Waals surface area contributed by atoms with Crippen LogP contribution in [0.25, 0.3) is 11.0 Å². The Morgan fingerprint density at radius 3 is 2.73 bits per heavy atom. The Morgan fingerprint density at radius 1 is 1.09 bits per heavy atom. The van der Waals surface area contributed by atoms with Gasteiger partial charge in [0.2, 0.25) is 0 Å². The molecule has 33 heavy (non-hydrogen) atoms. The van der Waals surface area contributed by atoms with E-state index in [1.807, 2.05) is 49.5 Å². The lowest BCUT2D eigenvalue weighted by molar-refractivity contribution is -0.121. The molecule has 0 unspecified atom stereocenters. The van der Waals surface area contributed by atoms with Crippen LogP contribution in [-0.2, 0) is 11.3 Å². The number of ether oxygens (including phenoxy) is 1. The highest BCUT2D eigenvalue weighted by atomic mass is 16.5. The molecule has 0 amide bonds. The van der Waals surface area contributed by atoms with Gasteiger partial charge in [0.25, 0.3) is 0 Å². The summed E-state index contributed by atoms with van der Waals surface area (Å²) in [5.74, 6) is 1.95. The fraction of sp³-hybridized carbons (Fsp3) is 0.259. The van der Waals surface area contributed by atoms with Gasteiger partial charge in [0.1, 0.15) is 17.1 Å². The number of pyridine rings is 1. The Hall–Kier alpha value is -3.48. The molecule has 1 fully saturated rings. The third-order valence-corrected chi connectivity index (χ3v) is 6.37. The smallest absolute Gasteiger partial charge is 0.151 e. The molecule has 1 aliphatic rings. The molecule has 0 bridgehead atoms. The van der Waals surface area contributed by atoms with Crippen LogP contribution in [0.5, 0.6) is 11.5 Å². The van der Waals surface area contributed by atoms with Crippen molar-refractivity contribution in [3.63, 3.8) is 0 Å². The Kier molecular flexibility index (Phi) is 6.19. The maximum Gasteiger partial charge on any atom is 0.151 e. The van der Waals surface area contributed by atoms with Crippen LogP contribution >= 0.6 is 0 Å². The van der Waals surface area contributed by atoms with Crippen LogP contribution in [0.2, 0.25) is 0 Å². The Morgan fingerprint density at radius 2 is 1.91 bits per heavy atom. The number of carbonyl (C=O) groups is 1. The summed E-state index contributed by atoms with van der Waals surface area (Å²) in [6.45, 7) is 4.65. The van der Waals surface area contributed by atoms with Crippen LogP contribution in [0.1, 0.15) is 22.6 Å². The molecule has 1 aliphatic heterocycles. The fourth-order valence-electron chi connectivity index (χ4n) is 4.60. The van der Waals surface area contributed by atoms with Gasteiger partial charge in [-0.3, -0.25) is 4.79 Å². The molecule has 3 N–H and O–H groups in total. The van der Waals surface area contributed by atoms with Gasteiger partial charge in [-0.25, -0.2) is 4.98 Å². The first-order valence-electron chi connectivity index (χ1n) is 11.4. The molecule has 0 radical (unpaired) electrons. The molecule has 5 rings (SSSR count). The van der Waals surface area contributed by atoms with Gasteiger partial charge in [-0.2, -0.15) is 0 Å². The lowest BCUT2D eigenvalue weighted by Crippen LogP contribution is -2.31.